The molecule has 0 saturated heterocycles. The second-order valence-electron chi connectivity index (χ2n) is 5.48. The molecular formula is C13H22O4. The van der Waals surface area contributed by atoms with Crippen molar-refractivity contribution in [3.63, 3.8) is 0 Å². The second kappa shape index (κ2) is 6.03. The van der Waals surface area contributed by atoms with E-state index < -0.39 is 23.8 Å². The van der Waals surface area contributed by atoms with Gasteiger partial charge in [0.15, 0.2) is 0 Å². The molecule has 0 bridgehead atoms. The van der Waals surface area contributed by atoms with E-state index >= 15 is 0 Å². The molecule has 2 atom stereocenters. The van der Waals surface area contributed by atoms with Crippen LogP contribution >= 0.6 is 0 Å². The van der Waals surface area contributed by atoms with Crippen molar-refractivity contribution < 1.29 is 19.8 Å². The van der Waals surface area contributed by atoms with Gasteiger partial charge in [-0.15, -0.1) is 0 Å². The van der Waals surface area contributed by atoms with Crippen LogP contribution in [0.4, 0.5) is 0 Å². The first-order chi connectivity index (χ1) is 7.93. The average molecular weight is 242 g/mol. The van der Waals surface area contributed by atoms with Gasteiger partial charge in [-0.2, -0.15) is 0 Å². The molecule has 1 fully saturated rings. The van der Waals surface area contributed by atoms with E-state index in [0.717, 1.165) is 25.7 Å². The molecular weight excluding hydrogens is 220 g/mol. The van der Waals surface area contributed by atoms with Gasteiger partial charge in [-0.1, -0.05) is 26.7 Å². The fourth-order valence-electron chi connectivity index (χ4n) is 2.93. The van der Waals surface area contributed by atoms with Gasteiger partial charge in [0.25, 0.3) is 0 Å². The first kappa shape index (κ1) is 14.0. The Morgan fingerprint density at radius 1 is 1.12 bits per heavy atom. The van der Waals surface area contributed by atoms with Crippen LogP contribution < -0.4 is 0 Å². The molecule has 4 nitrogen and oxygen atoms in total. The minimum atomic E-state index is -0.960. The summed E-state index contributed by atoms with van der Waals surface area (Å²) in [5.41, 5.74) is 0. The number of rotatable bonds is 6. The summed E-state index contributed by atoms with van der Waals surface area (Å²) in [4.78, 5) is 22.6. The van der Waals surface area contributed by atoms with E-state index in [1.807, 2.05) is 13.8 Å². The maximum absolute atomic E-state index is 11.4. The molecule has 1 saturated carbocycles. The highest BCUT2D eigenvalue weighted by Gasteiger charge is 2.40. The predicted molar refractivity (Wildman–Crippen MR) is 63.7 cm³/mol. The van der Waals surface area contributed by atoms with Crippen LogP contribution in [0.25, 0.3) is 0 Å². The molecule has 0 unspecified atom stereocenters. The van der Waals surface area contributed by atoms with E-state index in [2.05, 4.69) is 0 Å². The summed E-state index contributed by atoms with van der Waals surface area (Å²) in [5.74, 6) is -3.09. The van der Waals surface area contributed by atoms with E-state index in [1.54, 1.807) is 0 Å². The zero-order valence-electron chi connectivity index (χ0n) is 10.6. The topological polar surface area (TPSA) is 74.6 Å². The highest BCUT2D eigenvalue weighted by molar-refractivity contribution is 5.80. The van der Waals surface area contributed by atoms with E-state index in [4.69, 9.17) is 0 Å². The lowest BCUT2D eigenvalue weighted by Crippen LogP contribution is -2.35. The maximum atomic E-state index is 11.4. The largest absolute Gasteiger partial charge is 0.481 e. The first-order valence-corrected chi connectivity index (χ1v) is 6.39. The van der Waals surface area contributed by atoms with E-state index in [0.29, 0.717) is 6.42 Å². The fraction of sp³-hybridized carbons (Fsp3) is 0.846. The quantitative estimate of drug-likeness (QED) is 0.750. The molecule has 1 aliphatic rings. The number of carboxylic acid groups (broad SMARTS) is 2. The third kappa shape index (κ3) is 3.72. The molecule has 98 valence electrons. The lowest BCUT2D eigenvalue weighted by molar-refractivity contribution is -0.156. The zero-order chi connectivity index (χ0) is 13.0. The van der Waals surface area contributed by atoms with Gasteiger partial charge in [-0.05, 0) is 31.1 Å². The standard InChI is InChI=1S/C13H22O4/c1-8(2)7-10(12(14)15)11(13(16)17)9-5-3-4-6-9/h8-11H,3-7H2,1-2H3,(H,14,15)(H,16,17)/t10-,11+/m1/s1. The summed E-state index contributed by atoms with van der Waals surface area (Å²) in [5, 5.41) is 18.5. The summed E-state index contributed by atoms with van der Waals surface area (Å²) in [6.45, 7) is 3.87. The molecule has 0 aromatic rings. The van der Waals surface area contributed by atoms with Crippen molar-refractivity contribution in [1.82, 2.24) is 0 Å². The lowest BCUT2D eigenvalue weighted by Gasteiger charge is -2.26. The van der Waals surface area contributed by atoms with Crippen LogP contribution in [0.2, 0.25) is 0 Å². The molecule has 0 heterocycles. The zero-order valence-corrected chi connectivity index (χ0v) is 10.6. The second-order valence-corrected chi connectivity index (χ2v) is 5.48. The van der Waals surface area contributed by atoms with Crippen molar-refractivity contribution in [2.75, 3.05) is 0 Å². The lowest BCUT2D eigenvalue weighted by atomic mass is 9.77. The Kier molecular flexibility index (Phi) is 4.97. The number of carbonyl (C=O) groups is 2. The van der Waals surface area contributed by atoms with Crippen LogP contribution in [0.15, 0.2) is 0 Å². The van der Waals surface area contributed by atoms with Gasteiger partial charge in [0.1, 0.15) is 0 Å². The van der Waals surface area contributed by atoms with E-state index in [-0.39, 0.29) is 11.8 Å². The van der Waals surface area contributed by atoms with Crippen LogP contribution in [-0.2, 0) is 9.59 Å². The van der Waals surface area contributed by atoms with Crippen LogP contribution in [0.5, 0.6) is 0 Å². The molecule has 1 aliphatic carbocycles. The molecule has 0 aliphatic heterocycles. The molecule has 0 amide bonds. The van der Waals surface area contributed by atoms with Crippen molar-refractivity contribution in [2.24, 2.45) is 23.7 Å². The smallest absolute Gasteiger partial charge is 0.307 e. The Morgan fingerprint density at radius 2 is 1.65 bits per heavy atom. The van der Waals surface area contributed by atoms with Crippen molar-refractivity contribution in [2.45, 2.75) is 46.0 Å². The molecule has 0 spiro atoms. The third-order valence-corrected chi connectivity index (χ3v) is 3.67. The summed E-state index contributed by atoms with van der Waals surface area (Å²) < 4.78 is 0. The Balaban J connectivity index is 2.84. The number of aliphatic carboxylic acids is 2. The maximum Gasteiger partial charge on any atom is 0.307 e. The van der Waals surface area contributed by atoms with Crippen molar-refractivity contribution in [3.8, 4) is 0 Å². The minimum Gasteiger partial charge on any atom is -0.481 e. The summed E-state index contributed by atoms with van der Waals surface area (Å²) in [7, 11) is 0. The number of carboxylic acids is 2. The SMILES string of the molecule is CC(C)C[C@@H](C(=O)O)[C@@H](C(=O)O)C1CCCC1. The highest BCUT2D eigenvalue weighted by atomic mass is 16.4. The monoisotopic (exact) mass is 242 g/mol. The summed E-state index contributed by atoms with van der Waals surface area (Å²) in [6, 6.07) is 0. The number of hydrogen-bond acceptors (Lipinski definition) is 2. The van der Waals surface area contributed by atoms with Crippen LogP contribution in [-0.4, -0.2) is 22.2 Å². The molecule has 1 rings (SSSR count). The predicted octanol–water partition coefficient (Wildman–Crippen LogP) is 2.62. The average Bonchev–Trinajstić information content (AvgIpc) is 2.68. The molecule has 4 heteroatoms. The van der Waals surface area contributed by atoms with Crippen molar-refractivity contribution in [3.05, 3.63) is 0 Å². The van der Waals surface area contributed by atoms with Gasteiger partial charge < -0.3 is 10.2 Å². The summed E-state index contributed by atoms with van der Waals surface area (Å²) >= 11 is 0. The third-order valence-electron chi connectivity index (χ3n) is 3.67. The van der Waals surface area contributed by atoms with Gasteiger partial charge in [-0.3, -0.25) is 9.59 Å². The van der Waals surface area contributed by atoms with E-state index in [9.17, 15) is 19.8 Å². The van der Waals surface area contributed by atoms with Gasteiger partial charge in [-0.25, -0.2) is 0 Å². The molecule has 17 heavy (non-hydrogen) atoms. The van der Waals surface area contributed by atoms with Crippen LogP contribution in [0.1, 0.15) is 46.0 Å². The van der Waals surface area contributed by atoms with Crippen molar-refractivity contribution >= 4 is 11.9 Å². The Bertz CT molecular complexity index is 279. The van der Waals surface area contributed by atoms with E-state index in [1.165, 1.54) is 0 Å². The van der Waals surface area contributed by atoms with Crippen LogP contribution in [0.3, 0.4) is 0 Å². The van der Waals surface area contributed by atoms with Gasteiger partial charge in [0.2, 0.25) is 0 Å². The van der Waals surface area contributed by atoms with Crippen molar-refractivity contribution in [1.29, 1.82) is 0 Å². The Labute approximate surface area is 102 Å². The molecule has 0 aromatic carbocycles. The first-order valence-electron chi connectivity index (χ1n) is 6.39. The normalized spacial score (nSPS) is 20.4. The Hall–Kier alpha value is -1.06. The van der Waals surface area contributed by atoms with Gasteiger partial charge in [0, 0.05) is 0 Å². The van der Waals surface area contributed by atoms with Gasteiger partial charge in [0.05, 0.1) is 11.8 Å². The minimum absolute atomic E-state index is 0.0485. The fourth-order valence-corrected chi connectivity index (χ4v) is 2.93. The number of hydrogen-bond donors (Lipinski definition) is 2. The summed E-state index contributed by atoms with van der Waals surface area (Å²) in [6.07, 6.45) is 4.23. The molecule has 0 aromatic heterocycles. The molecule has 0 radical (unpaired) electrons. The van der Waals surface area contributed by atoms with Gasteiger partial charge >= 0.3 is 11.9 Å². The van der Waals surface area contributed by atoms with Crippen LogP contribution in [0, 0.1) is 23.7 Å². The highest BCUT2D eigenvalue weighted by Crippen LogP contribution is 2.37. The Morgan fingerprint density at radius 3 is 2.00 bits per heavy atom. The molecule has 2 N–H and O–H groups in total.